The molecule has 0 aromatic carbocycles. The van der Waals surface area contributed by atoms with Gasteiger partial charge in [0.05, 0.1) is 17.6 Å². The quantitative estimate of drug-likeness (QED) is 0.871. The fourth-order valence-corrected chi connectivity index (χ4v) is 3.11. The highest BCUT2D eigenvalue weighted by atomic mass is 32.2. The summed E-state index contributed by atoms with van der Waals surface area (Å²) in [6, 6.07) is 4.16. The van der Waals surface area contributed by atoms with Gasteiger partial charge in [-0.05, 0) is 18.6 Å². The van der Waals surface area contributed by atoms with Crippen molar-refractivity contribution in [3.05, 3.63) is 24.0 Å². The number of rotatable bonds is 3. The second kappa shape index (κ2) is 5.55. The summed E-state index contributed by atoms with van der Waals surface area (Å²) in [5.41, 5.74) is 7.74. The van der Waals surface area contributed by atoms with E-state index >= 15 is 0 Å². The van der Waals surface area contributed by atoms with Gasteiger partial charge in [-0.15, -0.1) is 0 Å². The van der Waals surface area contributed by atoms with E-state index in [0.29, 0.717) is 6.54 Å². The summed E-state index contributed by atoms with van der Waals surface area (Å²) < 4.78 is 0. The molecule has 1 aromatic heterocycles. The van der Waals surface area contributed by atoms with Gasteiger partial charge in [0.1, 0.15) is 0 Å². The van der Waals surface area contributed by atoms with Crippen molar-refractivity contribution in [2.75, 3.05) is 23.7 Å². The van der Waals surface area contributed by atoms with Crippen LogP contribution in [-0.2, 0) is 6.54 Å². The minimum Gasteiger partial charge on any atom is -0.368 e. The Hall–Kier alpha value is -0.740. The van der Waals surface area contributed by atoms with Gasteiger partial charge in [0.15, 0.2) is 0 Å². The third kappa shape index (κ3) is 2.68. The molecule has 1 atom stereocenters. The Labute approximate surface area is 101 Å². The third-order valence-corrected chi connectivity index (χ3v) is 4.35. The van der Waals surface area contributed by atoms with E-state index in [9.17, 15) is 0 Å². The second-order valence-corrected chi connectivity index (χ2v) is 5.47. The number of anilines is 1. The van der Waals surface area contributed by atoms with E-state index in [1.165, 1.54) is 17.9 Å². The summed E-state index contributed by atoms with van der Waals surface area (Å²) in [5, 5.41) is 0.767. The molecule has 2 heterocycles. The monoisotopic (exact) mass is 237 g/mol. The summed E-state index contributed by atoms with van der Waals surface area (Å²) in [5.74, 6) is 1.22. The number of nitrogens with zero attached hydrogens (tertiary/aromatic N) is 2. The minimum atomic E-state index is 0.522. The standard InChI is InChI=1S/C12H19N3S/c1-2-12-9-15(5-6-16-12)11-4-3-10(7-13)14-8-11/h3-4,8,12H,2,5-7,9,13H2,1H3. The van der Waals surface area contributed by atoms with Gasteiger partial charge in [-0.1, -0.05) is 6.92 Å². The molecule has 1 aliphatic heterocycles. The van der Waals surface area contributed by atoms with Crippen molar-refractivity contribution >= 4 is 17.4 Å². The van der Waals surface area contributed by atoms with Gasteiger partial charge in [0.2, 0.25) is 0 Å². The molecule has 1 unspecified atom stereocenters. The summed E-state index contributed by atoms with van der Waals surface area (Å²) in [4.78, 5) is 6.78. The zero-order chi connectivity index (χ0) is 11.4. The van der Waals surface area contributed by atoms with E-state index in [2.05, 4.69) is 34.6 Å². The number of hydrogen-bond acceptors (Lipinski definition) is 4. The Morgan fingerprint density at radius 3 is 3.06 bits per heavy atom. The van der Waals surface area contributed by atoms with Crippen LogP contribution in [0.4, 0.5) is 5.69 Å². The minimum absolute atomic E-state index is 0.522. The molecular formula is C12H19N3S. The molecule has 0 amide bonds. The topological polar surface area (TPSA) is 42.1 Å². The van der Waals surface area contributed by atoms with Crippen LogP contribution in [0.15, 0.2) is 18.3 Å². The maximum Gasteiger partial charge on any atom is 0.0553 e. The second-order valence-electron chi connectivity index (χ2n) is 4.06. The predicted octanol–water partition coefficient (Wildman–Crippen LogP) is 1.87. The lowest BCUT2D eigenvalue weighted by Gasteiger charge is -2.33. The lowest BCUT2D eigenvalue weighted by molar-refractivity contribution is 0.726. The first-order valence-electron chi connectivity index (χ1n) is 5.85. The molecule has 1 aliphatic rings. The van der Waals surface area contributed by atoms with Gasteiger partial charge in [0.25, 0.3) is 0 Å². The Kier molecular flexibility index (Phi) is 4.07. The van der Waals surface area contributed by atoms with E-state index in [1.807, 2.05) is 12.3 Å². The molecule has 88 valence electrons. The molecule has 1 saturated heterocycles. The highest BCUT2D eigenvalue weighted by Gasteiger charge is 2.19. The summed E-state index contributed by atoms with van der Waals surface area (Å²) in [7, 11) is 0. The molecule has 0 spiro atoms. The van der Waals surface area contributed by atoms with Crippen LogP contribution in [0.5, 0.6) is 0 Å². The zero-order valence-electron chi connectivity index (χ0n) is 9.72. The maximum absolute atomic E-state index is 5.54. The van der Waals surface area contributed by atoms with Crippen LogP contribution in [0.3, 0.4) is 0 Å². The van der Waals surface area contributed by atoms with E-state index in [1.54, 1.807) is 0 Å². The highest BCUT2D eigenvalue weighted by molar-refractivity contribution is 8.00. The van der Waals surface area contributed by atoms with Crippen molar-refractivity contribution in [2.45, 2.75) is 25.1 Å². The molecule has 0 aliphatic carbocycles. The maximum atomic E-state index is 5.54. The van der Waals surface area contributed by atoms with Crippen LogP contribution in [0.1, 0.15) is 19.0 Å². The molecule has 3 nitrogen and oxygen atoms in total. The van der Waals surface area contributed by atoms with E-state index in [-0.39, 0.29) is 0 Å². The van der Waals surface area contributed by atoms with E-state index in [4.69, 9.17) is 5.73 Å². The summed E-state index contributed by atoms with van der Waals surface area (Å²) >= 11 is 2.09. The molecule has 16 heavy (non-hydrogen) atoms. The molecule has 2 rings (SSSR count). The Bertz CT molecular complexity index is 326. The Balaban J connectivity index is 2.05. The first-order valence-corrected chi connectivity index (χ1v) is 6.90. The molecule has 0 bridgehead atoms. The first kappa shape index (κ1) is 11.7. The smallest absolute Gasteiger partial charge is 0.0553 e. The Morgan fingerprint density at radius 2 is 2.44 bits per heavy atom. The van der Waals surface area contributed by atoms with Gasteiger partial charge >= 0.3 is 0 Å². The summed E-state index contributed by atoms with van der Waals surface area (Å²) in [6.45, 7) is 5.06. The van der Waals surface area contributed by atoms with Crippen LogP contribution in [0.25, 0.3) is 0 Å². The molecule has 0 saturated carbocycles. The lowest BCUT2D eigenvalue weighted by atomic mass is 10.2. The largest absolute Gasteiger partial charge is 0.368 e. The van der Waals surface area contributed by atoms with E-state index in [0.717, 1.165) is 24.0 Å². The van der Waals surface area contributed by atoms with Crippen LogP contribution < -0.4 is 10.6 Å². The molecule has 2 N–H and O–H groups in total. The lowest BCUT2D eigenvalue weighted by Crippen LogP contribution is -2.37. The fourth-order valence-electron chi connectivity index (χ4n) is 1.93. The average molecular weight is 237 g/mol. The van der Waals surface area contributed by atoms with Crippen molar-refractivity contribution in [2.24, 2.45) is 5.73 Å². The number of pyridine rings is 1. The predicted molar refractivity (Wildman–Crippen MR) is 70.9 cm³/mol. The Morgan fingerprint density at radius 1 is 1.56 bits per heavy atom. The van der Waals surface area contributed by atoms with Gasteiger partial charge in [-0.3, -0.25) is 4.98 Å². The number of thioether (sulfide) groups is 1. The molecular weight excluding hydrogens is 218 g/mol. The average Bonchev–Trinajstić information content (AvgIpc) is 2.39. The van der Waals surface area contributed by atoms with E-state index < -0.39 is 0 Å². The fraction of sp³-hybridized carbons (Fsp3) is 0.583. The SMILES string of the molecule is CCC1CN(c2ccc(CN)nc2)CCS1. The van der Waals surface area contributed by atoms with Crippen LogP contribution >= 0.6 is 11.8 Å². The molecule has 0 radical (unpaired) electrons. The van der Waals surface area contributed by atoms with Crippen molar-refractivity contribution in [3.63, 3.8) is 0 Å². The van der Waals surface area contributed by atoms with Crippen LogP contribution in [0, 0.1) is 0 Å². The molecule has 4 heteroatoms. The van der Waals surface area contributed by atoms with Gasteiger partial charge in [-0.2, -0.15) is 11.8 Å². The van der Waals surface area contributed by atoms with Gasteiger partial charge in [0, 0.05) is 30.6 Å². The van der Waals surface area contributed by atoms with Crippen molar-refractivity contribution in [1.82, 2.24) is 4.98 Å². The third-order valence-electron chi connectivity index (χ3n) is 2.98. The number of aromatic nitrogens is 1. The number of nitrogens with two attached hydrogens (primary N) is 1. The summed E-state index contributed by atoms with van der Waals surface area (Å²) in [6.07, 6.45) is 3.19. The van der Waals surface area contributed by atoms with Gasteiger partial charge < -0.3 is 10.6 Å². The molecule has 1 aromatic rings. The van der Waals surface area contributed by atoms with Crippen molar-refractivity contribution in [1.29, 1.82) is 0 Å². The van der Waals surface area contributed by atoms with Crippen LogP contribution in [0.2, 0.25) is 0 Å². The van der Waals surface area contributed by atoms with Crippen LogP contribution in [-0.4, -0.2) is 29.1 Å². The zero-order valence-corrected chi connectivity index (χ0v) is 10.5. The number of hydrogen-bond donors (Lipinski definition) is 1. The van der Waals surface area contributed by atoms with Crippen molar-refractivity contribution in [3.8, 4) is 0 Å². The van der Waals surface area contributed by atoms with Crippen molar-refractivity contribution < 1.29 is 0 Å². The van der Waals surface area contributed by atoms with Gasteiger partial charge in [-0.25, -0.2) is 0 Å². The molecule has 1 fully saturated rings. The normalized spacial score (nSPS) is 21.1. The highest BCUT2D eigenvalue weighted by Crippen LogP contribution is 2.25. The first-order chi connectivity index (χ1) is 7.83.